The number of hydrogen-bond donors (Lipinski definition) is 1. The maximum Gasteiger partial charge on any atom is 0.323 e. The predicted octanol–water partition coefficient (Wildman–Crippen LogP) is -0.249. The summed E-state index contributed by atoms with van der Waals surface area (Å²) < 4.78 is 34.0. The van der Waals surface area contributed by atoms with Gasteiger partial charge in [-0.25, -0.2) is 0 Å². The van der Waals surface area contributed by atoms with Gasteiger partial charge in [-0.15, -0.1) is 0 Å². The number of hydrogen-bond acceptors (Lipinski definition) is 4. The summed E-state index contributed by atoms with van der Waals surface area (Å²) >= 11 is 0. The van der Waals surface area contributed by atoms with Gasteiger partial charge in [0.25, 0.3) is 10.1 Å². The van der Waals surface area contributed by atoms with E-state index in [-0.39, 0.29) is 6.61 Å². The number of benzene rings is 1. The third-order valence-corrected chi connectivity index (χ3v) is 2.70. The fourth-order valence-corrected chi connectivity index (χ4v) is 1.67. The van der Waals surface area contributed by atoms with Crippen molar-refractivity contribution >= 4 is 23.9 Å². The second kappa shape index (κ2) is 5.83. The highest BCUT2D eigenvalue weighted by atomic mass is 32.2. The van der Waals surface area contributed by atoms with Crippen LogP contribution in [0.25, 0.3) is 0 Å². The Labute approximate surface area is 101 Å². The van der Waals surface area contributed by atoms with E-state index < -0.39 is 21.8 Å². The zero-order valence-electron chi connectivity index (χ0n) is 9.42. The van der Waals surface area contributed by atoms with Crippen LogP contribution in [0, 0.1) is 0 Å². The topological polar surface area (TPSA) is 80.7 Å². The van der Waals surface area contributed by atoms with E-state index in [1.165, 1.54) is 0 Å². The molecule has 0 saturated heterocycles. The first-order chi connectivity index (χ1) is 7.90. The molecule has 1 aromatic rings. The summed E-state index contributed by atoms with van der Waals surface area (Å²) in [7, 11) is -2.31. The molecule has 0 aliphatic rings. The smallest absolute Gasteiger partial charge is 0.323 e. The fraction of sp³-hybridized carbons (Fsp3) is 0.300. The molecular formula is C10H13BO5S. The predicted molar refractivity (Wildman–Crippen MR) is 64.9 cm³/mol. The molecule has 5 nitrogen and oxygen atoms in total. The minimum absolute atomic E-state index is 0.00218. The first kappa shape index (κ1) is 13.7. The summed E-state index contributed by atoms with van der Waals surface area (Å²) in [5, 5.41) is 0. The van der Waals surface area contributed by atoms with Gasteiger partial charge in [-0.2, -0.15) is 8.42 Å². The molecule has 0 fully saturated rings. The Bertz CT molecular complexity index is 497. The van der Waals surface area contributed by atoms with E-state index in [0.29, 0.717) is 0 Å². The molecule has 0 heterocycles. The number of carbonyl (C=O) groups is 1. The Balaban J connectivity index is 2.53. The molecule has 0 radical (unpaired) electrons. The van der Waals surface area contributed by atoms with Gasteiger partial charge in [0.2, 0.25) is 0 Å². The van der Waals surface area contributed by atoms with Crippen molar-refractivity contribution < 1.29 is 22.5 Å². The van der Waals surface area contributed by atoms with Gasteiger partial charge in [0, 0.05) is 0 Å². The summed E-state index contributed by atoms with van der Waals surface area (Å²) in [6, 6.07) is 7.44. The van der Waals surface area contributed by atoms with E-state index in [1.54, 1.807) is 6.07 Å². The van der Waals surface area contributed by atoms with Gasteiger partial charge < -0.3 is 4.74 Å². The van der Waals surface area contributed by atoms with E-state index in [2.05, 4.69) is 0 Å². The monoisotopic (exact) mass is 256 g/mol. The van der Waals surface area contributed by atoms with Gasteiger partial charge in [-0.1, -0.05) is 36.1 Å². The van der Waals surface area contributed by atoms with Gasteiger partial charge in [0.1, 0.15) is 14.5 Å². The Kier molecular flexibility index (Phi) is 4.71. The second-order valence-electron chi connectivity index (χ2n) is 3.56. The highest BCUT2D eigenvalue weighted by Crippen LogP contribution is 2.06. The van der Waals surface area contributed by atoms with Crippen LogP contribution in [-0.4, -0.2) is 32.5 Å². The molecule has 17 heavy (non-hydrogen) atoms. The van der Waals surface area contributed by atoms with Gasteiger partial charge in [-0.05, 0) is 5.56 Å². The molecule has 0 atom stereocenters. The summed E-state index contributed by atoms with van der Waals surface area (Å²) in [5.74, 6) is -1.98. The molecule has 0 aromatic heterocycles. The molecule has 1 rings (SSSR count). The van der Waals surface area contributed by atoms with Crippen LogP contribution in [0.5, 0.6) is 0 Å². The molecule has 0 bridgehead atoms. The van der Waals surface area contributed by atoms with Crippen LogP contribution < -0.4 is 0 Å². The Morgan fingerprint density at radius 2 is 2.00 bits per heavy atom. The van der Waals surface area contributed by atoms with Gasteiger partial charge in [0.15, 0.2) is 5.75 Å². The van der Waals surface area contributed by atoms with Gasteiger partial charge in [0.05, 0.1) is 0 Å². The van der Waals surface area contributed by atoms with Crippen LogP contribution in [0.2, 0.25) is 0 Å². The lowest BCUT2D eigenvalue weighted by Gasteiger charge is -2.05. The molecule has 92 valence electrons. The third kappa shape index (κ3) is 5.51. The fourth-order valence-electron chi connectivity index (χ4n) is 1.29. The van der Waals surface area contributed by atoms with Crippen molar-refractivity contribution in [1.29, 1.82) is 0 Å². The molecule has 7 heteroatoms. The number of rotatable bonds is 5. The van der Waals surface area contributed by atoms with Crippen molar-refractivity contribution in [3.8, 4) is 0 Å². The first-order valence-corrected chi connectivity index (χ1v) is 6.70. The van der Waals surface area contributed by atoms with Gasteiger partial charge >= 0.3 is 5.97 Å². The first-order valence-electron chi connectivity index (χ1n) is 5.09. The SMILES string of the molecule is BCc1cccc(COC(=O)CS(=O)(=O)O)c1. The molecular weight excluding hydrogens is 243 g/mol. The molecule has 0 aliphatic carbocycles. The Morgan fingerprint density at radius 1 is 1.35 bits per heavy atom. The van der Waals surface area contributed by atoms with E-state index in [9.17, 15) is 13.2 Å². The normalized spacial score (nSPS) is 11.1. The molecule has 0 spiro atoms. The highest BCUT2D eigenvalue weighted by Gasteiger charge is 2.14. The third-order valence-electron chi connectivity index (χ3n) is 2.10. The van der Waals surface area contributed by atoms with E-state index in [1.807, 2.05) is 26.0 Å². The molecule has 0 amide bonds. The van der Waals surface area contributed by atoms with Crippen LogP contribution in [0.1, 0.15) is 11.1 Å². The standard InChI is InChI=1S/C10H13BO5S/c11-5-8-2-1-3-9(4-8)6-16-10(12)7-17(13,14)15/h1-4H,5-7,11H2,(H,13,14,15). The minimum atomic E-state index is -4.32. The van der Waals surface area contributed by atoms with Crippen LogP contribution in [0.3, 0.4) is 0 Å². The van der Waals surface area contributed by atoms with Crippen LogP contribution in [0.15, 0.2) is 24.3 Å². The minimum Gasteiger partial charge on any atom is -0.460 e. The molecule has 1 N–H and O–H groups in total. The summed E-state index contributed by atoms with van der Waals surface area (Å²) in [6.45, 7) is 0.00218. The highest BCUT2D eigenvalue weighted by molar-refractivity contribution is 7.86. The molecule has 0 saturated carbocycles. The average Bonchev–Trinajstić information content (AvgIpc) is 2.24. The van der Waals surface area contributed by atoms with Crippen LogP contribution in [-0.2, 0) is 32.6 Å². The van der Waals surface area contributed by atoms with Gasteiger partial charge in [-0.3, -0.25) is 9.35 Å². The van der Waals surface area contributed by atoms with Crippen molar-refractivity contribution in [2.45, 2.75) is 12.9 Å². The summed E-state index contributed by atoms with van der Waals surface area (Å²) in [5.41, 5.74) is 1.89. The summed E-state index contributed by atoms with van der Waals surface area (Å²) in [4.78, 5) is 11.0. The zero-order chi connectivity index (χ0) is 12.9. The number of esters is 1. The van der Waals surface area contributed by atoms with Crippen molar-refractivity contribution in [2.75, 3.05) is 5.75 Å². The van der Waals surface area contributed by atoms with Crippen molar-refractivity contribution in [2.24, 2.45) is 0 Å². The average molecular weight is 256 g/mol. The van der Waals surface area contributed by atoms with E-state index >= 15 is 0 Å². The molecule has 1 aromatic carbocycles. The van der Waals surface area contributed by atoms with Crippen LogP contribution >= 0.6 is 0 Å². The number of carbonyl (C=O) groups excluding carboxylic acids is 1. The molecule has 0 unspecified atom stereocenters. The summed E-state index contributed by atoms with van der Waals surface area (Å²) in [6.07, 6.45) is 0.868. The number of ether oxygens (including phenoxy) is 1. The maximum atomic E-state index is 11.0. The van der Waals surface area contributed by atoms with Crippen molar-refractivity contribution in [1.82, 2.24) is 0 Å². The largest absolute Gasteiger partial charge is 0.460 e. The van der Waals surface area contributed by atoms with Crippen LogP contribution in [0.4, 0.5) is 0 Å². The quantitative estimate of drug-likeness (QED) is 0.446. The van der Waals surface area contributed by atoms with Crippen molar-refractivity contribution in [3.05, 3.63) is 35.4 Å². The lowest BCUT2D eigenvalue weighted by molar-refractivity contribution is -0.141. The maximum absolute atomic E-state index is 11.0. The lowest BCUT2D eigenvalue weighted by atomic mass is 9.96. The van der Waals surface area contributed by atoms with E-state index in [4.69, 9.17) is 9.29 Å². The second-order valence-corrected chi connectivity index (χ2v) is 5.01. The Morgan fingerprint density at radius 3 is 2.59 bits per heavy atom. The van der Waals surface area contributed by atoms with Crippen molar-refractivity contribution in [3.63, 3.8) is 0 Å². The van der Waals surface area contributed by atoms with E-state index in [0.717, 1.165) is 17.4 Å². The zero-order valence-corrected chi connectivity index (χ0v) is 10.2. The lowest BCUT2D eigenvalue weighted by Crippen LogP contribution is -2.17. The Hall–Kier alpha value is -1.34. The molecule has 0 aliphatic heterocycles.